The van der Waals surface area contributed by atoms with Gasteiger partial charge >= 0.3 is 0 Å². The van der Waals surface area contributed by atoms with Crippen LogP contribution in [-0.4, -0.2) is 10.1 Å². The molecule has 0 saturated heterocycles. The van der Waals surface area contributed by atoms with Gasteiger partial charge in [-0.25, -0.2) is 4.39 Å². The number of benzene rings is 1. The minimum absolute atomic E-state index is 0.0617. The monoisotopic (exact) mass is 238 g/mol. The summed E-state index contributed by atoms with van der Waals surface area (Å²) >= 11 is 1.56. The summed E-state index contributed by atoms with van der Waals surface area (Å²) in [6.07, 6.45) is 0. The molecular formula is C11H11FN2OS. The highest BCUT2D eigenvalue weighted by atomic mass is 32.2. The lowest BCUT2D eigenvalue weighted by atomic mass is 10.3. The van der Waals surface area contributed by atoms with Crippen LogP contribution in [0.2, 0.25) is 0 Å². The van der Waals surface area contributed by atoms with E-state index in [1.807, 2.05) is 6.92 Å². The van der Waals surface area contributed by atoms with Crippen molar-refractivity contribution < 1.29 is 8.91 Å². The third kappa shape index (κ3) is 2.61. The van der Waals surface area contributed by atoms with E-state index in [0.717, 1.165) is 4.90 Å². The van der Waals surface area contributed by atoms with E-state index in [-0.39, 0.29) is 11.1 Å². The summed E-state index contributed by atoms with van der Waals surface area (Å²) in [6, 6.07) is 6.35. The van der Waals surface area contributed by atoms with Crippen molar-refractivity contribution in [1.82, 2.24) is 10.1 Å². The molecule has 0 N–H and O–H groups in total. The Morgan fingerprint density at radius 1 is 1.31 bits per heavy atom. The number of aromatic nitrogens is 2. The SMILES string of the molecule is Cc1noc(C(C)Sc2ccc(F)cc2)n1. The number of hydrogen-bond donors (Lipinski definition) is 0. The van der Waals surface area contributed by atoms with Gasteiger partial charge in [-0.1, -0.05) is 5.16 Å². The van der Waals surface area contributed by atoms with Gasteiger partial charge in [-0.05, 0) is 38.1 Å². The summed E-state index contributed by atoms with van der Waals surface area (Å²) in [4.78, 5) is 5.13. The van der Waals surface area contributed by atoms with Crippen LogP contribution in [0.1, 0.15) is 23.9 Å². The van der Waals surface area contributed by atoms with Crippen LogP contribution in [0.4, 0.5) is 4.39 Å². The number of hydrogen-bond acceptors (Lipinski definition) is 4. The van der Waals surface area contributed by atoms with Gasteiger partial charge in [0, 0.05) is 4.90 Å². The molecule has 0 radical (unpaired) electrons. The maximum Gasteiger partial charge on any atom is 0.239 e. The first-order valence-electron chi connectivity index (χ1n) is 4.87. The van der Waals surface area contributed by atoms with E-state index < -0.39 is 0 Å². The van der Waals surface area contributed by atoms with E-state index in [1.54, 1.807) is 30.8 Å². The molecule has 0 spiro atoms. The van der Waals surface area contributed by atoms with Gasteiger partial charge in [-0.3, -0.25) is 0 Å². The third-order valence-corrected chi connectivity index (χ3v) is 3.12. The van der Waals surface area contributed by atoms with Crippen LogP contribution < -0.4 is 0 Å². The summed E-state index contributed by atoms with van der Waals surface area (Å²) in [5.41, 5.74) is 0. The van der Waals surface area contributed by atoms with Crippen LogP contribution in [0, 0.1) is 12.7 Å². The standard InChI is InChI=1S/C11H11FN2OS/c1-7(11-13-8(2)14-15-11)16-10-5-3-9(12)4-6-10/h3-7H,1-2H3. The highest BCUT2D eigenvalue weighted by molar-refractivity contribution is 7.99. The normalized spacial score (nSPS) is 12.7. The minimum atomic E-state index is -0.231. The lowest BCUT2D eigenvalue weighted by Gasteiger charge is -2.05. The molecular weight excluding hydrogens is 227 g/mol. The maximum atomic E-state index is 12.7. The molecule has 1 heterocycles. The van der Waals surface area contributed by atoms with E-state index in [4.69, 9.17) is 4.52 Å². The average molecular weight is 238 g/mol. The van der Waals surface area contributed by atoms with Gasteiger partial charge in [0.2, 0.25) is 5.89 Å². The van der Waals surface area contributed by atoms with Crippen molar-refractivity contribution in [2.75, 3.05) is 0 Å². The number of nitrogens with zero attached hydrogens (tertiary/aromatic N) is 2. The Hall–Kier alpha value is -1.36. The van der Waals surface area contributed by atoms with Gasteiger partial charge in [0.1, 0.15) is 5.82 Å². The molecule has 0 aliphatic carbocycles. The molecule has 0 aliphatic heterocycles. The molecule has 0 aliphatic rings. The van der Waals surface area contributed by atoms with E-state index in [1.165, 1.54) is 12.1 Å². The van der Waals surface area contributed by atoms with Crippen LogP contribution in [0.25, 0.3) is 0 Å². The first kappa shape index (κ1) is 11.1. The Labute approximate surface area is 97.1 Å². The molecule has 1 aromatic carbocycles. The predicted octanol–water partition coefficient (Wildman–Crippen LogP) is 3.37. The van der Waals surface area contributed by atoms with Crippen LogP contribution in [0.3, 0.4) is 0 Å². The molecule has 2 aromatic rings. The summed E-state index contributed by atoms with van der Waals surface area (Å²) in [5.74, 6) is 0.985. The molecule has 0 amide bonds. The lowest BCUT2D eigenvalue weighted by molar-refractivity contribution is 0.376. The molecule has 0 fully saturated rings. The van der Waals surface area contributed by atoms with Crippen molar-refractivity contribution in [2.24, 2.45) is 0 Å². The molecule has 3 nitrogen and oxygen atoms in total. The Balaban J connectivity index is 2.07. The minimum Gasteiger partial charge on any atom is -0.338 e. The topological polar surface area (TPSA) is 38.9 Å². The van der Waals surface area contributed by atoms with Crippen molar-refractivity contribution in [3.05, 3.63) is 41.8 Å². The van der Waals surface area contributed by atoms with Crippen molar-refractivity contribution in [2.45, 2.75) is 24.0 Å². The molecule has 1 atom stereocenters. The van der Waals surface area contributed by atoms with Gasteiger partial charge in [-0.15, -0.1) is 11.8 Å². The Morgan fingerprint density at radius 3 is 2.56 bits per heavy atom. The Kier molecular flexibility index (Phi) is 3.24. The van der Waals surface area contributed by atoms with E-state index in [2.05, 4.69) is 10.1 Å². The van der Waals surface area contributed by atoms with Gasteiger partial charge < -0.3 is 4.52 Å². The lowest BCUT2D eigenvalue weighted by Crippen LogP contribution is -1.88. The van der Waals surface area contributed by atoms with Crippen molar-refractivity contribution in [3.8, 4) is 0 Å². The quantitative estimate of drug-likeness (QED) is 0.768. The Bertz CT molecular complexity index is 469. The van der Waals surface area contributed by atoms with E-state index >= 15 is 0 Å². The van der Waals surface area contributed by atoms with E-state index in [0.29, 0.717) is 11.7 Å². The second kappa shape index (κ2) is 4.65. The van der Waals surface area contributed by atoms with Gasteiger partial charge in [0.05, 0.1) is 5.25 Å². The fourth-order valence-electron chi connectivity index (χ4n) is 1.25. The van der Waals surface area contributed by atoms with Crippen LogP contribution in [-0.2, 0) is 0 Å². The zero-order valence-electron chi connectivity index (χ0n) is 8.98. The maximum absolute atomic E-state index is 12.7. The number of rotatable bonds is 3. The van der Waals surface area contributed by atoms with Crippen molar-refractivity contribution >= 4 is 11.8 Å². The molecule has 2 rings (SSSR count). The molecule has 0 saturated carbocycles. The van der Waals surface area contributed by atoms with Gasteiger partial charge in [0.15, 0.2) is 5.82 Å². The summed E-state index contributed by atoms with van der Waals surface area (Å²) in [7, 11) is 0. The summed E-state index contributed by atoms with van der Waals surface area (Å²) in [6.45, 7) is 3.75. The molecule has 84 valence electrons. The van der Waals surface area contributed by atoms with Crippen LogP contribution in [0.5, 0.6) is 0 Å². The fraction of sp³-hybridized carbons (Fsp3) is 0.273. The van der Waals surface area contributed by atoms with Crippen molar-refractivity contribution in [3.63, 3.8) is 0 Å². The molecule has 5 heteroatoms. The van der Waals surface area contributed by atoms with Gasteiger partial charge in [0.25, 0.3) is 0 Å². The number of halogens is 1. The predicted molar refractivity (Wildman–Crippen MR) is 59.7 cm³/mol. The molecule has 1 aromatic heterocycles. The van der Waals surface area contributed by atoms with Crippen molar-refractivity contribution in [1.29, 1.82) is 0 Å². The molecule has 16 heavy (non-hydrogen) atoms. The highest BCUT2D eigenvalue weighted by Crippen LogP contribution is 2.33. The molecule has 0 bridgehead atoms. The molecule has 1 unspecified atom stereocenters. The zero-order valence-corrected chi connectivity index (χ0v) is 9.79. The van der Waals surface area contributed by atoms with Gasteiger partial charge in [-0.2, -0.15) is 4.98 Å². The Morgan fingerprint density at radius 2 is 2.00 bits per heavy atom. The third-order valence-electron chi connectivity index (χ3n) is 2.02. The highest BCUT2D eigenvalue weighted by Gasteiger charge is 2.14. The average Bonchev–Trinajstić information content (AvgIpc) is 2.68. The first-order chi connectivity index (χ1) is 7.65. The zero-order chi connectivity index (χ0) is 11.5. The fourth-order valence-corrected chi connectivity index (χ4v) is 2.14. The smallest absolute Gasteiger partial charge is 0.239 e. The van der Waals surface area contributed by atoms with Crippen LogP contribution >= 0.6 is 11.8 Å². The van der Waals surface area contributed by atoms with Crippen LogP contribution in [0.15, 0.2) is 33.7 Å². The van der Waals surface area contributed by atoms with E-state index in [9.17, 15) is 4.39 Å². The number of thioether (sulfide) groups is 1. The summed E-state index contributed by atoms with van der Waals surface area (Å²) < 4.78 is 17.8. The largest absolute Gasteiger partial charge is 0.338 e. The second-order valence-electron chi connectivity index (χ2n) is 3.39. The first-order valence-corrected chi connectivity index (χ1v) is 5.75. The second-order valence-corrected chi connectivity index (χ2v) is 4.81. The summed E-state index contributed by atoms with van der Waals surface area (Å²) in [5, 5.41) is 3.80. The number of aryl methyl sites for hydroxylation is 1.